The predicted molar refractivity (Wildman–Crippen MR) is 66.4 cm³/mol. The topological polar surface area (TPSA) is 116 Å². The van der Waals surface area contributed by atoms with Gasteiger partial charge in [-0.25, -0.2) is 13.1 Å². The summed E-state index contributed by atoms with van der Waals surface area (Å²) < 4.78 is 32.9. The summed E-state index contributed by atoms with van der Waals surface area (Å²) in [4.78, 5) is 4.08. The van der Waals surface area contributed by atoms with Crippen molar-refractivity contribution in [1.29, 1.82) is 0 Å². The predicted octanol–water partition coefficient (Wildman–Crippen LogP) is -0.346. The summed E-state index contributed by atoms with van der Waals surface area (Å²) in [6.45, 7) is 1.89. The van der Waals surface area contributed by atoms with E-state index in [2.05, 4.69) is 14.9 Å². The van der Waals surface area contributed by atoms with Crippen LogP contribution in [0.2, 0.25) is 0 Å². The van der Waals surface area contributed by atoms with Crippen LogP contribution in [0.5, 0.6) is 0 Å². The molecule has 104 valence electrons. The third-order valence-corrected chi connectivity index (χ3v) is 3.96. The second kappa shape index (κ2) is 5.11. The smallest absolute Gasteiger partial charge is 0.242 e. The first-order valence-corrected chi connectivity index (χ1v) is 7.05. The largest absolute Gasteiger partial charge is 0.352 e. The molecule has 0 aromatic carbocycles. The molecule has 9 heteroatoms. The average molecular weight is 285 g/mol. The Morgan fingerprint density at radius 1 is 1.53 bits per heavy atom. The molecule has 2 rings (SSSR count). The minimum atomic E-state index is -3.61. The zero-order valence-electron chi connectivity index (χ0n) is 10.6. The van der Waals surface area contributed by atoms with Crippen molar-refractivity contribution in [3.63, 3.8) is 0 Å². The third kappa shape index (κ3) is 3.00. The van der Waals surface area contributed by atoms with Crippen molar-refractivity contribution < 1.29 is 12.9 Å². The van der Waals surface area contributed by atoms with Gasteiger partial charge >= 0.3 is 0 Å². The average Bonchev–Trinajstić information content (AvgIpc) is 2.93. The summed E-state index contributed by atoms with van der Waals surface area (Å²) in [6.07, 6.45) is 1.51. The van der Waals surface area contributed by atoms with Crippen molar-refractivity contribution in [2.75, 3.05) is 0 Å². The molecule has 0 radical (unpaired) electrons. The first-order chi connectivity index (χ1) is 8.92. The van der Waals surface area contributed by atoms with Crippen LogP contribution in [-0.2, 0) is 30.2 Å². The van der Waals surface area contributed by atoms with Crippen LogP contribution in [0.1, 0.15) is 17.4 Å². The van der Waals surface area contributed by atoms with E-state index in [1.165, 1.54) is 12.3 Å². The van der Waals surface area contributed by atoms with E-state index < -0.39 is 10.0 Å². The molecular weight excluding hydrogens is 270 g/mol. The Labute approximate surface area is 110 Å². The lowest BCUT2D eigenvalue weighted by atomic mass is 10.4. The fraction of sp³-hybridized carbons (Fsp3) is 0.400. The first-order valence-electron chi connectivity index (χ1n) is 5.56. The molecule has 19 heavy (non-hydrogen) atoms. The minimum absolute atomic E-state index is 0.0213. The Balaban J connectivity index is 2.13. The summed E-state index contributed by atoms with van der Waals surface area (Å²) in [5.74, 6) is 0.676. The summed E-state index contributed by atoms with van der Waals surface area (Å²) in [5, 5.41) is 3.61. The van der Waals surface area contributed by atoms with Gasteiger partial charge in [0.05, 0.1) is 11.4 Å². The maximum absolute atomic E-state index is 12.0. The molecule has 0 unspecified atom stereocenters. The van der Waals surface area contributed by atoms with E-state index in [9.17, 15) is 8.42 Å². The molecule has 2 heterocycles. The highest BCUT2D eigenvalue weighted by atomic mass is 32.2. The SMILES string of the molecule is Cc1nc(CNS(=O)(=O)c2cc(CN)n(C)c2)no1. The number of nitrogens with one attached hydrogen (secondary N) is 1. The molecule has 0 aliphatic carbocycles. The molecule has 0 fully saturated rings. The Hall–Kier alpha value is -1.71. The van der Waals surface area contributed by atoms with Gasteiger partial charge in [-0.2, -0.15) is 4.98 Å². The molecule has 0 amide bonds. The number of sulfonamides is 1. The zero-order valence-corrected chi connectivity index (χ0v) is 11.4. The quantitative estimate of drug-likeness (QED) is 0.776. The highest BCUT2D eigenvalue weighted by molar-refractivity contribution is 7.89. The first kappa shape index (κ1) is 13.7. The Morgan fingerprint density at radius 3 is 2.79 bits per heavy atom. The summed E-state index contributed by atoms with van der Waals surface area (Å²) in [6, 6.07) is 1.53. The lowest BCUT2D eigenvalue weighted by Gasteiger charge is -2.01. The number of aromatic nitrogens is 3. The number of nitrogens with two attached hydrogens (primary N) is 1. The monoisotopic (exact) mass is 285 g/mol. The van der Waals surface area contributed by atoms with Crippen molar-refractivity contribution >= 4 is 10.0 Å². The van der Waals surface area contributed by atoms with E-state index in [4.69, 9.17) is 10.3 Å². The summed E-state index contributed by atoms with van der Waals surface area (Å²) in [5.41, 5.74) is 6.24. The van der Waals surface area contributed by atoms with Crippen LogP contribution in [0, 0.1) is 6.92 Å². The Bertz CT molecular complexity index is 673. The van der Waals surface area contributed by atoms with Gasteiger partial charge in [0, 0.05) is 32.4 Å². The highest BCUT2D eigenvalue weighted by Crippen LogP contribution is 2.13. The number of nitrogens with zero attached hydrogens (tertiary/aromatic N) is 3. The van der Waals surface area contributed by atoms with Crippen LogP contribution in [0.15, 0.2) is 21.7 Å². The normalized spacial score (nSPS) is 11.9. The van der Waals surface area contributed by atoms with E-state index in [0.29, 0.717) is 5.89 Å². The van der Waals surface area contributed by atoms with Crippen LogP contribution < -0.4 is 10.5 Å². The van der Waals surface area contributed by atoms with Crippen LogP contribution in [0.3, 0.4) is 0 Å². The van der Waals surface area contributed by atoms with Gasteiger partial charge in [0.2, 0.25) is 15.9 Å². The van der Waals surface area contributed by atoms with Gasteiger partial charge in [-0.3, -0.25) is 0 Å². The lowest BCUT2D eigenvalue weighted by Crippen LogP contribution is -2.23. The molecular formula is C10H15N5O3S. The zero-order chi connectivity index (χ0) is 14.0. The van der Waals surface area contributed by atoms with E-state index in [0.717, 1.165) is 5.69 Å². The van der Waals surface area contributed by atoms with Gasteiger partial charge in [0.25, 0.3) is 0 Å². The van der Waals surface area contributed by atoms with E-state index in [1.54, 1.807) is 18.5 Å². The van der Waals surface area contributed by atoms with E-state index in [-0.39, 0.29) is 23.8 Å². The molecule has 0 saturated heterocycles. The molecule has 0 aliphatic rings. The van der Waals surface area contributed by atoms with Gasteiger partial charge in [0.15, 0.2) is 5.82 Å². The fourth-order valence-corrected chi connectivity index (χ4v) is 2.66. The molecule has 2 aromatic rings. The maximum atomic E-state index is 12.0. The minimum Gasteiger partial charge on any atom is -0.352 e. The number of aryl methyl sites for hydroxylation is 2. The number of hydrogen-bond donors (Lipinski definition) is 2. The Kier molecular flexibility index (Phi) is 3.69. The number of rotatable bonds is 5. The molecule has 8 nitrogen and oxygen atoms in total. The molecule has 0 bridgehead atoms. The van der Waals surface area contributed by atoms with Crippen LogP contribution >= 0.6 is 0 Å². The summed E-state index contributed by atoms with van der Waals surface area (Å²) in [7, 11) is -1.87. The lowest BCUT2D eigenvalue weighted by molar-refractivity contribution is 0.387. The Morgan fingerprint density at radius 2 is 2.26 bits per heavy atom. The molecule has 2 aromatic heterocycles. The molecule has 3 N–H and O–H groups in total. The van der Waals surface area contributed by atoms with Crippen LogP contribution in [-0.4, -0.2) is 23.1 Å². The standard InChI is InChI=1S/C10H15N5O3S/c1-7-13-10(14-18-7)5-12-19(16,17)9-3-8(4-11)15(2)6-9/h3,6,12H,4-5,11H2,1-2H3. The highest BCUT2D eigenvalue weighted by Gasteiger charge is 2.18. The second-order valence-electron chi connectivity index (χ2n) is 4.04. The molecule has 0 atom stereocenters. The van der Waals surface area contributed by atoms with E-state index >= 15 is 0 Å². The molecule has 0 saturated carbocycles. The van der Waals surface area contributed by atoms with Crippen molar-refractivity contribution in [1.82, 2.24) is 19.4 Å². The van der Waals surface area contributed by atoms with Crippen molar-refractivity contribution in [2.24, 2.45) is 12.8 Å². The van der Waals surface area contributed by atoms with Gasteiger partial charge < -0.3 is 14.8 Å². The fourth-order valence-electron chi connectivity index (χ4n) is 1.58. The summed E-state index contributed by atoms with van der Waals surface area (Å²) >= 11 is 0. The van der Waals surface area contributed by atoms with Crippen LogP contribution in [0.4, 0.5) is 0 Å². The second-order valence-corrected chi connectivity index (χ2v) is 5.80. The van der Waals surface area contributed by atoms with Crippen LogP contribution in [0.25, 0.3) is 0 Å². The van der Waals surface area contributed by atoms with E-state index in [1.807, 2.05) is 0 Å². The molecule has 0 aliphatic heterocycles. The third-order valence-electron chi connectivity index (χ3n) is 2.59. The van der Waals surface area contributed by atoms with Gasteiger partial charge in [0.1, 0.15) is 0 Å². The van der Waals surface area contributed by atoms with Gasteiger partial charge in [-0.15, -0.1) is 0 Å². The molecule has 0 spiro atoms. The van der Waals surface area contributed by atoms with Crippen molar-refractivity contribution in [3.05, 3.63) is 29.7 Å². The van der Waals surface area contributed by atoms with Gasteiger partial charge in [-0.1, -0.05) is 5.16 Å². The van der Waals surface area contributed by atoms with Crippen molar-refractivity contribution in [2.45, 2.75) is 24.9 Å². The maximum Gasteiger partial charge on any atom is 0.242 e. The number of hydrogen-bond acceptors (Lipinski definition) is 6. The van der Waals surface area contributed by atoms with Crippen molar-refractivity contribution in [3.8, 4) is 0 Å². The van der Waals surface area contributed by atoms with Gasteiger partial charge in [-0.05, 0) is 6.07 Å².